The molecular formula is C8H12N2O2S. The van der Waals surface area contributed by atoms with E-state index in [1.165, 1.54) is 11.3 Å². The third-order valence-electron chi connectivity index (χ3n) is 1.79. The standard InChI is InChI=1S/C8H12N2O2S/c1-4(3-9)7-10-6(8(11)12)5(2)13-7/h4H,3,9H2,1-2H3,(H,11,12). The fourth-order valence-electron chi connectivity index (χ4n) is 0.927. The lowest BCUT2D eigenvalue weighted by Gasteiger charge is -2.01. The molecule has 0 amide bonds. The number of aromatic nitrogens is 1. The number of carbonyl (C=O) groups is 1. The van der Waals surface area contributed by atoms with E-state index in [2.05, 4.69) is 4.98 Å². The molecule has 1 rings (SSSR count). The van der Waals surface area contributed by atoms with Gasteiger partial charge in [-0.05, 0) is 6.92 Å². The number of rotatable bonds is 3. The quantitative estimate of drug-likeness (QED) is 0.769. The summed E-state index contributed by atoms with van der Waals surface area (Å²) in [5.41, 5.74) is 5.61. The molecule has 5 heteroatoms. The number of aryl methyl sites for hydroxylation is 1. The number of hydrogen-bond acceptors (Lipinski definition) is 4. The van der Waals surface area contributed by atoms with Gasteiger partial charge in [-0.2, -0.15) is 0 Å². The third-order valence-corrected chi connectivity index (χ3v) is 2.99. The average Bonchev–Trinajstić information content (AvgIpc) is 2.46. The van der Waals surface area contributed by atoms with Crippen molar-refractivity contribution in [3.05, 3.63) is 15.6 Å². The van der Waals surface area contributed by atoms with Crippen molar-refractivity contribution in [1.82, 2.24) is 4.98 Å². The minimum Gasteiger partial charge on any atom is -0.476 e. The maximum atomic E-state index is 10.7. The highest BCUT2D eigenvalue weighted by Gasteiger charge is 2.16. The Bertz CT molecular complexity index is 322. The van der Waals surface area contributed by atoms with Crippen LogP contribution in [0.4, 0.5) is 0 Å². The van der Waals surface area contributed by atoms with Crippen molar-refractivity contribution in [2.45, 2.75) is 19.8 Å². The Labute approximate surface area is 80.4 Å². The fraction of sp³-hybridized carbons (Fsp3) is 0.500. The van der Waals surface area contributed by atoms with Crippen molar-refractivity contribution in [2.75, 3.05) is 6.54 Å². The Morgan fingerprint density at radius 3 is 2.77 bits per heavy atom. The summed E-state index contributed by atoms with van der Waals surface area (Å²) in [6.07, 6.45) is 0. The third kappa shape index (κ3) is 2.05. The number of nitrogens with two attached hydrogens (primary N) is 1. The average molecular weight is 200 g/mol. The lowest BCUT2D eigenvalue weighted by atomic mass is 10.2. The van der Waals surface area contributed by atoms with E-state index in [9.17, 15) is 4.79 Å². The summed E-state index contributed by atoms with van der Waals surface area (Å²) in [6, 6.07) is 0. The van der Waals surface area contributed by atoms with Gasteiger partial charge in [0.05, 0.1) is 5.01 Å². The predicted molar refractivity (Wildman–Crippen MR) is 51.3 cm³/mol. The zero-order chi connectivity index (χ0) is 10.0. The minimum atomic E-state index is -0.968. The zero-order valence-electron chi connectivity index (χ0n) is 7.57. The van der Waals surface area contributed by atoms with E-state index in [1.54, 1.807) is 6.92 Å². The molecule has 13 heavy (non-hydrogen) atoms. The second-order valence-corrected chi connectivity index (χ2v) is 4.13. The second kappa shape index (κ2) is 3.85. The Kier molecular flexibility index (Phi) is 3.00. The van der Waals surface area contributed by atoms with Crippen LogP contribution in [0.3, 0.4) is 0 Å². The van der Waals surface area contributed by atoms with Gasteiger partial charge < -0.3 is 10.8 Å². The molecule has 0 aliphatic rings. The van der Waals surface area contributed by atoms with Gasteiger partial charge in [-0.15, -0.1) is 11.3 Å². The molecule has 0 fully saturated rings. The van der Waals surface area contributed by atoms with Crippen molar-refractivity contribution in [3.63, 3.8) is 0 Å². The molecule has 0 radical (unpaired) electrons. The summed E-state index contributed by atoms with van der Waals surface area (Å²) >= 11 is 1.40. The summed E-state index contributed by atoms with van der Waals surface area (Å²) in [5, 5.41) is 9.55. The summed E-state index contributed by atoms with van der Waals surface area (Å²) in [5.74, 6) is -0.832. The number of carboxylic acid groups (broad SMARTS) is 1. The zero-order valence-corrected chi connectivity index (χ0v) is 8.39. The van der Waals surface area contributed by atoms with Gasteiger partial charge in [0.15, 0.2) is 5.69 Å². The lowest BCUT2D eigenvalue weighted by Crippen LogP contribution is -2.09. The van der Waals surface area contributed by atoms with Gasteiger partial charge in [-0.3, -0.25) is 0 Å². The Morgan fingerprint density at radius 1 is 1.77 bits per heavy atom. The first-order valence-electron chi connectivity index (χ1n) is 3.97. The molecule has 0 aliphatic heterocycles. The minimum absolute atomic E-state index is 0.136. The monoisotopic (exact) mass is 200 g/mol. The van der Waals surface area contributed by atoms with Crippen LogP contribution in [0.5, 0.6) is 0 Å². The van der Waals surface area contributed by atoms with Crippen LogP contribution in [0.2, 0.25) is 0 Å². The van der Waals surface area contributed by atoms with Crippen molar-refractivity contribution in [1.29, 1.82) is 0 Å². The van der Waals surface area contributed by atoms with Gasteiger partial charge in [0.1, 0.15) is 0 Å². The Balaban J connectivity index is 3.01. The first kappa shape index (κ1) is 10.1. The molecule has 1 heterocycles. The topological polar surface area (TPSA) is 76.2 Å². The van der Waals surface area contributed by atoms with Crippen LogP contribution in [0.15, 0.2) is 0 Å². The van der Waals surface area contributed by atoms with Gasteiger partial charge in [0.2, 0.25) is 0 Å². The smallest absolute Gasteiger partial charge is 0.355 e. The summed E-state index contributed by atoms with van der Waals surface area (Å²) in [6.45, 7) is 4.18. The van der Waals surface area contributed by atoms with E-state index < -0.39 is 5.97 Å². The highest BCUT2D eigenvalue weighted by Crippen LogP contribution is 2.23. The molecular weight excluding hydrogens is 188 g/mol. The molecule has 0 saturated carbocycles. The van der Waals surface area contributed by atoms with E-state index in [4.69, 9.17) is 10.8 Å². The molecule has 0 saturated heterocycles. The number of carboxylic acids is 1. The summed E-state index contributed by atoms with van der Waals surface area (Å²) < 4.78 is 0. The lowest BCUT2D eigenvalue weighted by molar-refractivity contribution is 0.0690. The maximum absolute atomic E-state index is 10.7. The first-order chi connectivity index (χ1) is 6.06. The van der Waals surface area contributed by atoms with Crippen LogP contribution in [-0.2, 0) is 0 Å². The van der Waals surface area contributed by atoms with E-state index in [-0.39, 0.29) is 11.6 Å². The normalized spacial score (nSPS) is 12.8. The molecule has 0 aromatic carbocycles. The molecule has 1 unspecified atom stereocenters. The van der Waals surface area contributed by atoms with Crippen LogP contribution in [0.1, 0.15) is 33.2 Å². The summed E-state index contributed by atoms with van der Waals surface area (Å²) in [7, 11) is 0. The molecule has 0 aliphatic carbocycles. The first-order valence-corrected chi connectivity index (χ1v) is 4.78. The Morgan fingerprint density at radius 2 is 2.38 bits per heavy atom. The van der Waals surface area contributed by atoms with Crippen LogP contribution in [0.25, 0.3) is 0 Å². The Hall–Kier alpha value is -0.940. The highest BCUT2D eigenvalue weighted by atomic mass is 32.1. The molecule has 1 aromatic heterocycles. The molecule has 1 aromatic rings. The van der Waals surface area contributed by atoms with E-state index >= 15 is 0 Å². The van der Waals surface area contributed by atoms with E-state index in [0.29, 0.717) is 6.54 Å². The second-order valence-electron chi connectivity index (χ2n) is 2.90. The van der Waals surface area contributed by atoms with Crippen LogP contribution in [-0.4, -0.2) is 22.6 Å². The fourth-order valence-corrected chi connectivity index (χ4v) is 1.90. The number of nitrogens with zero attached hydrogens (tertiary/aromatic N) is 1. The van der Waals surface area contributed by atoms with Gasteiger partial charge in [-0.1, -0.05) is 6.92 Å². The van der Waals surface area contributed by atoms with Crippen molar-refractivity contribution >= 4 is 17.3 Å². The molecule has 72 valence electrons. The number of thiazole rings is 1. The maximum Gasteiger partial charge on any atom is 0.355 e. The van der Waals surface area contributed by atoms with E-state index in [0.717, 1.165) is 9.88 Å². The van der Waals surface area contributed by atoms with Crippen molar-refractivity contribution < 1.29 is 9.90 Å². The van der Waals surface area contributed by atoms with E-state index in [1.807, 2.05) is 6.92 Å². The molecule has 3 N–H and O–H groups in total. The largest absolute Gasteiger partial charge is 0.476 e. The molecule has 0 spiro atoms. The van der Waals surface area contributed by atoms with Gasteiger partial charge in [-0.25, -0.2) is 9.78 Å². The predicted octanol–water partition coefficient (Wildman–Crippen LogP) is 1.21. The van der Waals surface area contributed by atoms with Crippen molar-refractivity contribution in [3.8, 4) is 0 Å². The number of hydrogen-bond donors (Lipinski definition) is 2. The highest BCUT2D eigenvalue weighted by molar-refractivity contribution is 7.11. The molecule has 1 atom stereocenters. The molecule has 4 nitrogen and oxygen atoms in total. The van der Waals surface area contributed by atoms with Crippen LogP contribution >= 0.6 is 11.3 Å². The summed E-state index contributed by atoms with van der Waals surface area (Å²) in [4.78, 5) is 15.4. The SMILES string of the molecule is Cc1sc(C(C)CN)nc1C(=O)O. The van der Waals surface area contributed by atoms with Crippen molar-refractivity contribution in [2.24, 2.45) is 5.73 Å². The van der Waals surface area contributed by atoms with Gasteiger partial charge in [0.25, 0.3) is 0 Å². The molecule has 0 bridgehead atoms. The number of aromatic carboxylic acids is 1. The van der Waals surface area contributed by atoms with Crippen LogP contribution < -0.4 is 5.73 Å². The van der Waals surface area contributed by atoms with Gasteiger partial charge in [0, 0.05) is 17.3 Å². The van der Waals surface area contributed by atoms with Gasteiger partial charge >= 0.3 is 5.97 Å². The van der Waals surface area contributed by atoms with Crippen LogP contribution in [0, 0.1) is 6.92 Å².